The summed E-state index contributed by atoms with van der Waals surface area (Å²) in [6.07, 6.45) is 1.16. The van der Waals surface area contributed by atoms with E-state index in [9.17, 15) is 0 Å². The average molecular weight is 191 g/mol. The van der Waals surface area contributed by atoms with Gasteiger partial charge in [0, 0.05) is 17.0 Å². The lowest BCUT2D eigenvalue weighted by Crippen LogP contribution is -2.36. The van der Waals surface area contributed by atoms with Crippen LogP contribution in [0.25, 0.3) is 0 Å². The summed E-state index contributed by atoms with van der Waals surface area (Å²) >= 11 is 1.84. The maximum absolute atomic E-state index is 8.66. The molecule has 0 heterocycles. The molecule has 0 radical (unpaired) electrons. The van der Waals surface area contributed by atoms with Gasteiger partial charge >= 0.3 is 0 Å². The summed E-state index contributed by atoms with van der Waals surface area (Å²) in [5.41, 5.74) is 0. The van der Waals surface area contributed by atoms with Gasteiger partial charge in [0.15, 0.2) is 0 Å². The van der Waals surface area contributed by atoms with E-state index in [1.54, 1.807) is 0 Å². The Hall–Kier alpha value is 0.270. The molecule has 0 saturated heterocycles. The Kier molecular flexibility index (Phi) is 8.07. The van der Waals surface area contributed by atoms with E-state index in [0.717, 1.165) is 18.7 Å². The number of thioether (sulfide) groups is 1. The molecule has 0 aliphatic rings. The molecular weight excluding hydrogens is 170 g/mol. The van der Waals surface area contributed by atoms with Crippen molar-refractivity contribution in [3.63, 3.8) is 0 Å². The smallest absolute Gasteiger partial charge is 0.0521 e. The molecule has 0 rings (SSSR count). The van der Waals surface area contributed by atoms with E-state index < -0.39 is 0 Å². The van der Waals surface area contributed by atoms with Gasteiger partial charge in [-0.1, -0.05) is 20.8 Å². The van der Waals surface area contributed by atoms with Gasteiger partial charge in [-0.25, -0.2) is 0 Å². The lowest BCUT2D eigenvalue weighted by atomic mass is 10.2. The van der Waals surface area contributed by atoms with Crippen molar-refractivity contribution in [2.75, 3.05) is 18.9 Å². The summed E-state index contributed by atoms with van der Waals surface area (Å²) in [7, 11) is 0. The molecule has 0 bridgehead atoms. The van der Waals surface area contributed by atoms with Crippen LogP contribution in [0.5, 0.6) is 0 Å². The zero-order valence-corrected chi connectivity index (χ0v) is 9.16. The predicted octanol–water partition coefficient (Wildman–Crippen LogP) is 1.49. The molecule has 0 amide bonds. The van der Waals surface area contributed by atoms with Crippen LogP contribution in [-0.2, 0) is 0 Å². The molecule has 0 aromatic heterocycles. The molecule has 0 aliphatic carbocycles. The first-order valence-corrected chi connectivity index (χ1v) is 5.76. The van der Waals surface area contributed by atoms with Crippen LogP contribution in [0.1, 0.15) is 27.2 Å². The van der Waals surface area contributed by atoms with Gasteiger partial charge in [-0.3, -0.25) is 0 Å². The molecule has 3 heteroatoms. The van der Waals surface area contributed by atoms with E-state index in [1.807, 2.05) is 11.8 Å². The largest absolute Gasteiger partial charge is 0.396 e. The van der Waals surface area contributed by atoms with Crippen molar-refractivity contribution in [1.29, 1.82) is 0 Å². The summed E-state index contributed by atoms with van der Waals surface area (Å²) < 4.78 is 0. The third kappa shape index (κ3) is 5.01. The van der Waals surface area contributed by atoms with Crippen LogP contribution >= 0.6 is 11.8 Å². The van der Waals surface area contributed by atoms with Crippen molar-refractivity contribution in [3.8, 4) is 0 Å². The van der Waals surface area contributed by atoms with Crippen LogP contribution < -0.4 is 5.32 Å². The second kappa shape index (κ2) is 7.90. The Morgan fingerprint density at radius 2 is 2.08 bits per heavy atom. The van der Waals surface area contributed by atoms with Crippen molar-refractivity contribution in [2.45, 2.75) is 38.5 Å². The summed E-state index contributed by atoms with van der Waals surface area (Å²) in [4.78, 5) is 0. The highest BCUT2D eigenvalue weighted by Gasteiger charge is 2.13. The van der Waals surface area contributed by atoms with Gasteiger partial charge in [0.05, 0.1) is 6.61 Å². The molecule has 0 aromatic carbocycles. The SMILES string of the molecule is CCNC(CC)C(C)SCCO. The molecular formula is C9H21NOS. The van der Waals surface area contributed by atoms with Crippen molar-refractivity contribution in [2.24, 2.45) is 0 Å². The molecule has 12 heavy (non-hydrogen) atoms. The quantitative estimate of drug-likeness (QED) is 0.639. The fourth-order valence-corrected chi connectivity index (χ4v) is 2.26. The van der Waals surface area contributed by atoms with E-state index in [0.29, 0.717) is 11.3 Å². The van der Waals surface area contributed by atoms with Crippen molar-refractivity contribution >= 4 is 11.8 Å². The average Bonchev–Trinajstić information content (AvgIpc) is 2.10. The van der Waals surface area contributed by atoms with E-state index in [2.05, 4.69) is 26.1 Å². The first-order valence-electron chi connectivity index (χ1n) is 4.72. The Morgan fingerprint density at radius 3 is 2.50 bits per heavy atom. The van der Waals surface area contributed by atoms with Crippen molar-refractivity contribution in [1.82, 2.24) is 5.32 Å². The molecule has 0 fully saturated rings. The topological polar surface area (TPSA) is 32.3 Å². The van der Waals surface area contributed by atoms with E-state index >= 15 is 0 Å². The maximum atomic E-state index is 8.66. The standard InChI is InChI=1S/C9H21NOS/c1-4-9(10-5-2)8(3)12-7-6-11/h8-11H,4-7H2,1-3H3. The normalized spacial score (nSPS) is 16.0. The van der Waals surface area contributed by atoms with Crippen molar-refractivity contribution in [3.05, 3.63) is 0 Å². The van der Waals surface area contributed by atoms with Gasteiger partial charge in [0.1, 0.15) is 0 Å². The monoisotopic (exact) mass is 191 g/mol. The Balaban J connectivity index is 3.60. The number of hydrogen-bond acceptors (Lipinski definition) is 3. The van der Waals surface area contributed by atoms with Gasteiger partial charge in [-0.05, 0) is 13.0 Å². The molecule has 2 unspecified atom stereocenters. The molecule has 74 valence electrons. The maximum Gasteiger partial charge on any atom is 0.0521 e. The molecule has 0 aromatic rings. The first kappa shape index (κ1) is 12.3. The molecule has 0 saturated carbocycles. The van der Waals surface area contributed by atoms with E-state index in [-0.39, 0.29) is 6.61 Å². The van der Waals surface area contributed by atoms with E-state index in [1.165, 1.54) is 0 Å². The minimum absolute atomic E-state index is 0.289. The number of nitrogens with one attached hydrogen (secondary N) is 1. The fourth-order valence-electron chi connectivity index (χ4n) is 1.26. The van der Waals surface area contributed by atoms with E-state index in [4.69, 9.17) is 5.11 Å². The number of hydrogen-bond donors (Lipinski definition) is 2. The van der Waals surface area contributed by atoms with Gasteiger partial charge in [-0.2, -0.15) is 11.8 Å². The highest BCUT2D eigenvalue weighted by molar-refractivity contribution is 7.99. The van der Waals surface area contributed by atoms with Crippen LogP contribution in [0.4, 0.5) is 0 Å². The lowest BCUT2D eigenvalue weighted by Gasteiger charge is -2.22. The third-order valence-electron chi connectivity index (χ3n) is 1.94. The molecule has 2 N–H and O–H groups in total. The predicted molar refractivity (Wildman–Crippen MR) is 56.8 cm³/mol. The van der Waals surface area contributed by atoms with Gasteiger partial charge in [0.25, 0.3) is 0 Å². The summed E-state index contributed by atoms with van der Waals surface area (Å²) in [6.45, 7) is 7.87. The van der Waals surface area contributed by atoms with Crippen molar-refractivity contribution < 1.29 is 5.11 Å². The van der Waals surface area contributed by atoms with Gasteiger partial charge < -0.3 is 10.4 Å². The second-order valence-electron chi connectivity index (χ2n) is 2.87. The van der Waals surface area contributed by atoms with Crippen LogP contribution in [0.2, 0.25) is 0 Å². The van der Waals surface area contributed by atoms with Gasteiger partial charge in [-0.15, -0.1) is 0 Å². The Morgan fingerprint density at radius 1 is 1.42 bits per heavy atom. The number of aliphatic hydroxyl groups is 1. The van der Waals surface area contributed by atoms with Crippen LogP contribution in [-0.4, -0.2) is 35.3 Å². The molecule has 0 spiro atoms. The highest BCUT2D eigenvalue weighted by Crippen LogP contribution is 2.15. The van der Waals surface area contributed by atoms with Crippen LogP contribution in [0.3, 0.4) is 0 Å². The zero-order valence-electron chi connectivity index (χ0n) is 8.34. The second-order valence-corrected chi connectivity index (χ2v) is 4.36. The number of rotatable bonds is 7. The highest BCUT2D eigenvalue weighted by atomic mass is 32.2. The summed E-state index contributed by atoms with van der Waals surface area (Å²) in [5, 5.41) is 12.7. The first-order chi connectivity index (χ1) is 5.76. The Labute approximate surface area is 80.1 Å². The fraction of sp³-hybridized carbons (Fsp3) is 1.00. The summed E-state index contributed by atoms with van der Waals surface area (Å²) in [6, 6.07) is 0.589. The molecule has 2 atom stereocenters. The molecule has 2 nitrogen and oxygen atoms in total. The van der Waals surface area contributed by atoms with Crippen LogP contribution in [0.15, 0.2) is 0 Å². The van der Waals surface area contributed by atoms with Gasteiger partial charge in [0.2, 0.25) is 0 Å². The summed E-state index contributed by atoms with van der Waals surface area (Å²) in [5.74, 6) is 0.850. The minimum atomic E-state index is 0.289. The lowest BCUT2D eigenvalue weighted by molar-refractivity contribution is 0.322. The Bertz CT molecular complexity index is 101. The zero-order chi connectivity index (χ0) is 9.40. The third-order valence-corrected chi connectivity index (χ3v) is 3.22. The number of aliphatic hydroxyl groups excluding tert-OH is 1. The minimum Gasteiger partial charge on any atom is -0.396 e. The van der Waals surface area contributed by atoms with Crippen LogP contribution in [0, 0.1) is 0 Å². The molecule has 0 aliphatic heterocycles.